The second-order valence-corrected chi connectivity index (χ2v) is 4.37. The number of aryl methyl sites for hydroxylation is 1. The number of hydrogen-bond acceptors (Lipinski definition) is 3. The van der Waals surface area contributed by atoms with E-state index in [1.165, 1.54) is 12.1 Å². The van der Waals surface area contributed by atoms with Crippen LogP contribution in [0.3, 0.4) is 0 Å². The maximum Gasteiger partial charge on any atom is 0.127 e. The first kappa shape index (κ1) is 13.2. The van der Waals surface area contributed by atoms with Crippen molar-refractivity contribution in [2.45, 2.75) is 13.0 Å². The lowest BCUT2D eigenvalue weighted by Gasteiger charge is -2.05. The molecule has 1 aromatic heterocycles. The van der Waals surface area contributed by atoms with Crippen LogP contribution in [0.4, 0.5) is 4.39 Å². The van der Waals surface area contributed by atoms with Crippen molar-refractivity contribution in [2.24, 2.45) is 7.05 Å². The predicted octanol–water partition coefficient (Wildman–Crippen LogP) is 1.76. The van der Waals surface area contributed by atoms with Crippen LogP contribution in [-0.2, 0) is 20.0 Å². The molecule has 1 heterocycles. The lowest BCUT2D eigenvalue weighted by Crippen LogP contribution is -2.17. The zero-order valence-electron chi connectivity index (χ0n) is 10.7. The van der Waals surface area contributed by atoms with Gasteiger partial charge in [-0.3, -0.25) is 4.68 Å². The zero-order chi connectivity index (χ0) is 13.7. The third-order valence-electron chi connectivity index (χ3n) is 2.84. The maximum absolute atomic E-state index is 13.5. The van der Waals surface area contributed by atoms with Crippen LogP contribution in [0.15, 0.2) is 30.6 Å². The average molecular weight is 258 g/mol. The van der Waals surface area contributed by atoms with Gasteiger partial charge >= 0.3 is 0 Å². The highest BCUT2D eigenvalue weighted by atomic mass is 19.1. The summed E-state index contributed by atoms with van der Waals surface area (Å²) >= 11 is 0. The van der Waals surface area contributed by atoms with Crippen LogP contribution in [0.25, 0.3) is 0 Å². The summed E-state index contributed by atoms with van der Waals surface area (Å²) in [5, 5.41) is 16.0. The number of benzene rings is 1. The SMILES string of the molecule is Cn1cc(CCNCc2cc(C#N)ccc2F)cn1. The molecule has 1 N–H and O–H groups in total. The van der Waals surface area contributed by atoms with E-state index in [2.05, 4.69) is 10.4 Å². The molecule has 0 fully saturated rings. The van der Waals surface area contributed by atoms with Crippen molar-refractivity contribution in [3.05, 3.63) is 53.1 Å². The highest BCUT2D eigenvalue weighted by Gasteiger charge is 2.03. The van der Waals surface area contributed by atoms with Crippen LogP contribution in [0.2, 0.25) is 0 Å². The Morgan fingerprint density at radius 3 is 3.00 bits per heavy atom. The Labute approximate surface area is 111 Å². The second-order valence-electron chi connectivity index (χ2n) is 4.37. The quantitative estimate of drug-likeness (QED) is 0.831. The van der Waals surface area contributed by atoms with Gasteiger partial charge in [0.1, 0.15) is 5.82 Å². The second kappa shape index (κ2) is 6.12. The van der Waals surface area contributed by atoms with Crippen molar-refractivity contribution in [1.29, 1.82) is 5.26 Å². The van der Waals surface area contributed by atoms with Crippen molar-refractivity contribution in [2.75, 3.05) is 6.54 Å². The molecule has 2 aromatic rings. The number of rotatable bonds is 5. The molecule has 0 unspecified atom stereocenters. The number of nitriles is 1. The summed E-state index contributed by atoms with van der Waals surface area (Å²) in [7, 11) is 1.87. The topological polar surface area (TPSA) is 53.6 Å². The van der Waals surface area contributed by atoms with Crippen molar-refractivity contribution in [1.82, 2.24) is 15.1 Å². The Balaban J connectivity index is 1.84. The van der Waals surface area contributed by atoms with Crippen LogP contribution in [0.1, 0.15) is 16.7 Å². The van der Waals surface area contributed by atoms with Gasteiger partial charge in [-0.15, -0.1) is 0 Å². The summed E-state index contributed by atoms with van der Waals surface area (Å²) in [5.74, 6) is -0.284. The normalized spacial score (nSPS) is 10.4. The summed E-state index contributed by atoms with van der Waals surface area (Å²) in [6.07, 6.45) is 4.62. The summed E-state index contributed by atoms with van der Waals surface area (Å²) in [4.78, 5) is 0. The number of hydrogen-bond donors (Lipinski definition) is 1. The number of halogens is 1. The third-order valence-corrected chi connectivity index (χ3v) is 2.84. The number of aromatic nitrogens is 2. The Morgan fingerprint density at radius 2 is 2.32 bits per heavy atom. The smallest absolute Gasteiger partial charge is 0.127 e. The van der Waals surface area contributed by atoms with E-state index in [9.17, 15) is 4.39 Å². The van der Waals surface area contributed by atoms with Gasteiger partial charge < -0.3 is 5.32 Å². The minimum atomic E-state index is -0.284. The molecule has 0 aliphatic rings. The maximum atomic E-state index is 13.5. The average Bonchev–Trinajstić information content (AvgIpc) is 2.82. The van der Waals surface area contributed by atoms with Gasteiger partial charge in [0.2, 0.25) is 0 Å². The Kier molecular flexibility index (Phi) is 4.26. The Morgan fingerprint density at radius 1 is 1.47 bits per heavy atom. The van der Waals surface area contributed by atoms with Gasteiger partial charge in [0.15, 0.2) is 0 Å². The van der Waals surface area contributed by atoms with E-state index in [0.29, 0.717) is 17.7 Å². The standard InChI is InChI=1S/C14H15FN4/c1-19-10-12(8-18-19)4-5-17-9-13-6-11(7-16)2-3-14(13)15/h2-3,6,8,10,17H,4-5,9H2,1H3. The summed E-state index contributed by atoms with van der Waals surface area (Å²) in [6, 6.07) is 6.39. The van der Waals surface area contributed by atoms with Gasteiger partial charge in [-0.25, -0.2) is 4.39 Å². The highest BCUT2D eigenvalue weighted by molar-refractivity contribution is 5.33. The third kappa shape index (κ3) is 3.63. The van der Waals surface area contributed by atoms with Crippen LogP contribution in [-0.4, -0.2) is 16.3 Å². The fraction of sp³-hybridized carbons (Fsp3) is 0.286. The first-order chi connectivity index (χ1) is 9.19. The van der Waals surface area contributed by atoms with Crippen LogP contribution < -0.4 is 5.32 Å². The van der Waals surface area contributed by atoms with E-state index in [0.717, 1.165) is 18.5 Å². The van der Waals surface area contributed by atoms with E-state index >= 15 is 0 Å². The zero-order valence-corrected chi connectivity index (χ0v) is 10.7. The van der Waals surface area contributed by atoms with E-state index in [1.54, 1.807) is 10.7 Å². The van der Waals surface area contributed by atoms with E-state index < -0.39 is 0 Å². The molecule has 5 heteroatoms. The summed E-state index contributed by atoms with van der Waals surface area (Å²) < 4.78 is 15.3. The molecule has 98 valence electrons. The lowest BCUT2D eigenvalue weighted by atomic mass is 10.1. The molecular weight excluding hydrogens is 243 g/mol. The molecule has 19 heavy (non-hydrogen) atoms. The molecule has 1 aromatic carbocycles. The largest absolute Gasteiger partial charge is 0.312 e. The molecule has 2 rings (SSSR count). The van der Waals surface area contributed by atoms with E-state index in [-0.39, 0.29) is 5.82 Å². The van der Waals surface area contributed by atoms with Gasteiger partial charge in [0.25, 0.3) is 0 Å². The van der Waals surface area contributed by atoms with Crippen molar-refractivity contribution in [3.8, 4) is 6.07 Å². The van der Waals surface area contributed by atoms with Crippen LogP contribution in [0, 0.1) is 17.1 Å². The lowest BCUT2D eigenvalue weighted by molar-refractivity contribution is 0.588. The van der Waals surface area contributed by atoms with E-state index in [4.69, 9.17) is 5.26 Å². The Hall–Kier alpha value is -2.19. The number of nitrogens with zero attached hydrogens (tertiary/aromatic N) is 3. The van der Waals surface area contributed by atoms with Crippen LogP contribution in [0.5, 0.6) is 0 Å². The molecule has 0 atom stereocenters. The van der Waals surface area contributed by atoms with E-state index in [1.807, 2.05) is 25.5 Å². The first-order valence-electron chi connectivity index (χ1n) is 6.06. The minimum absolute atomic E-state index is 0.284. The first-order valence-corrected chi connectivity index (χ1v) is 6.06. The van der Waals surface area contributed by atoms with Gasteiger partial charge in [0, 0.05) is 25.4 Å². The predicted molar refractivity (Wildman–Crippen MR) is 69.7 cm³/mol. The molecular formula is C14H15FN4. The number of nitrogens with one attached hydrogen (secondary N) is 1. The van der Waals surface area contributed by atoms with Crippen molar-refractivity contribution >= 4 is 0 Å². The summed E-state index contributed by atoms with van der Waals surface area (Å²) in [5.41, 5.74) is 2.14. The molecule has 0 saturated carbocycles. The Bertz CT molecular complexity index is 598. The highest BCUT2D eigenvalue weighted by Crippen LogP contribution is 2.09. The van der Waals surface area contributed by atoms with Crippen molar-refractivity contribution < 1.29 is 4.39 Å². The molecule has 0 amide bonds. The molecule has 0 spiro atoms. The van der Waals surface area contributed by atoms with Gasteiger partial charge in [-0.1, -0.05) is 0 Å². The minimum Gasteiger partial charge on any atom is -0.312 e. The van der Waals surface area contributed by atoms with Gasteiger partial charge in [-0.05, 0) is 36.7 Å². The molecule has 0 radical (unpaired) electrons. The fourth-order valence-electron chi connectivity index (χ4n) is 1.84. The molecule has 0 saturated heterocycles. The van der Waals surface area contributed by atoms with Gasteiger partial charge in [0.05, 0.1) is 17.8 Å². The summed E-state index contributed by atoms with van der Waals surface area (Å²) in [6.45, 7) is 1.16. The van der Waals surface area contributed by atoms with Crippen molar-refractivity contribution in [3.63, 3.8) is 0 Å². The molecule has 4 nitrogen and oxygen atoms in total. The monoisotopic (exact) mass is 258 g/mol. The molecule has 0 bridgehead atoms. The molecule has 0 aliphatic heterocycles. The van der Waals surface area contributed by atoms with Gasteiger partial charge in [-0.2, -0.15) is 10.4 Å². The van der Waals surface area contributed by atoms with Crippen LogP contribution >= 0.6 is 0 Å². The molecule has 0 aliphatic carbocycles. The fourth-order valence-corrected chi connectivity index (χ4v) is 1.84.